The van der Waals surface area contributed by atoms with E-state index in [0.717, 1.165) is 19.3 Å². The molecule has 0 aliphatic heterocycles. The Bertz CT molecular complexity index is 584. The summed E-state index contributed by atoms with van der Waals surface area (Å²) in [5.74, 6) is 1.15. The predicted molar refractivity (Wildman–Crippen MR) is 78.6 cm³/mol. The fourth-order valence-electron chi connectivity index (χ4n) is 3.27. The molecule has 0 aromatic carbocycles. The SMILES string of the molecule is Cc1c(S(=O)(=O)NC2CC(C)CC(C)C2)c(N)nn1C. The highest BCUT2D eigenvalue weighted by Gasteiger charge is 2.31. The highest BCUT2D eigenvalue weighted by molar-refractivity contribution is 7.89. The zero-order valence-electron chi connectivity index (χ0n) is 12.5. The van der Waals surface area contributed by atoms with Gasteiger partial charge in [0.05, 0.1) is 5.69 Å². The first-order chi connectivity index (χ1) is 9.20. The van der Waals surface area contributed by atoms with Crippen LogP contribution in [0.4, 0.5) is 5.82 Å². The van der Waals surface area contributed by atoms with Gasteiger partial charge in [-0.15, -0.1) is 0 Å². The predicted octanol–water partition coefficient (Wildman–Crippen LogP) is 1.41. The van der Waals surface area contributed by atoms with Crippen molar-refractivity contribution in [3.8, 4) is 0 Å². The van der Waals surface area contributed by atoms with Gasteiger partial charge >= 0.3 is 0 Å². The first-order valence-corrected chi connectivity index (χ1v) is 8.50. The van der Waals surface area contributed by atoms with Gasteiger partial charge in [0.15, 0.2) is 5.82 Å². The third-order valence-corrected chi connectivity index (χ3v) is 5.76. The van der Waals surface area contributed by atoms with Gasteiger partial charge in [0, 0.05) is 13.1 Å². The summed E-state index contributed by atoms with van der Waals surface area (Å²) in [4.78, 5) is 0.117. The maximum atomic E-state index is 12.5. The molecule has 0 radical (unpaired) electrons. The summed E-state index contributed by atoms with van der Waals surface area (Å²) in [6.07, 6.45) is 2.91. The van der Waals surface area contributed by atoms with Crippen LogP contribution in [-0.4, -0.2) is 24.2 Å². The topological polar surface area (TPSA) is 90.0 Å². The van der Waals surface area contributed by atoms with Crippen LogP contribution in [0.3, 0.4) is 0 Å². The van der Waals surface area contributed by atoms with Gasteiger partial charge in [0.1, 0.15) is 4.90 Å². The van der Waals surface area contributed by atoms with E-state index >= 15 is 0 Å². The summed E-state index contributed by atoms with van der Waals surface area (Å²) in [6.45, 7) is 6.05. The van der Waals surface area contributed by atoms with Crippen molar-refractivity contribution in [1.82, 2.24) is 14.5 Å². The number of hydrogen-bond donors (Lipinski definition) is 2. The Morgan fingerprint density at radius 2 is 1.80 bits per heavy atom. The van der Waals surface area contributed by atoms with Gasteiger partial charge in [-0.3, -0.25) is 4.68 Å². The molecule has 0 saturated heterocycles. The lowest BCUT2D eigenvalue weighted by Gasteiger charge is -2.31. The summed E-state index contributed by atoms with van der Waals surface area (Å²) < 4.78 is 29.4. The van der Waals surface area contributed by atoms with Crippen LogP contribution < -0.4 is 10.5 Å². The Morgan fingerprint density at radius 1 is 1.25 bits per heavy atom. The van der Waals surface area contributed by atoms with E-state index in [0.29, 0.717) is 17.5 Å². The van der Waals surface area contributed by atoms with Crippen LogP contribution in [0, 0.1) is 18.8 Å². The number of aromatic nitrogens is 2. The molecule has 7 heteroatoms. The Labute approximate surface area is 120 Å². The third-order valence-electron chi connectivity index (χ3n) is 4.07. The van der Waals surface area contributed by atoms with Crippen molar-refractivity contribution in [1.29, 1.82) is 0 Å². The van der Waals surface area contributed by atoms with Gasteiger partial charge in [0.2, 0.25) is 10.0 Å². The molecular formula is C13H24N4O2S. The molecule has 1 heterocycles. The number of nitrogen functional groups attached to an aromatic ring is 1. The van der Waals surface area contributed by atoms with Crippen LogP contribution in [-0.2, 0) is 17.1 Å². The van der Waals surface area contributed by atoms with Crippen molar-refractivity contribution >= 4 is 15.8 Å². The largest absolute Gasteiger partial charge is 0.381 e. The minimum atomic E-state index is -3.61. The number of hydrogen-bond acceptors (Lipinski definition) is 4. The Hall–Kier alpha value is -1.08. The van der Waals surface area contributed by atoms with Gasteiger partial charge in [-0.2, -0.15) is 5.10 Å². The third kappa shape index (κ3) is 2.98. The molecule has 2 atom stereocenters. The van der Waals surface area contributed by atoms with Gasteiger partial charge in [0.25, 0.3) is 0 Å². The molecule has 6 nitrogen and oxygen atoms in total. The van der Waals surface area contributed by atoms with Crippen LogP contribution in [0.15, 0.2) is 4.90 Å². The van der Waals surface area contributed by atoms with Crippen molar-refractivity contribution in [2.75, 3.05) is 5.73 Å². The Morgan fingerprint density at radius 3 is 2.25 bits per heavy atom. The lowest BCUT2D eigenvalue weighted by Crippen LogP contribution is -2.40. The fraction of sp³-hybridized carbons (Fsp3) is 0.769. The monoisotopic (exact) mass is 300 g/mol. The quantitative estimate of drug-likeness (QED) is 0.883. The number of nitrogens with two attached hydrogens (primary N) is 1. The first-order valence-electron chi connectivity index (χ1n) is 7.02. The molecule has 1 aliphatic carbocycles. The fourth-order valence-corrected chi connectivity index (χ4v) is 4.85. The molecule has 0 spiro atoms. The van der Waals surface area contributed by atoms with Crippen molar-refractivity contribution in [3.05, 3.63) is 5.69 Å². The maximum absolute atomic E-state index is 12.5. The number of sulfonamides is 1. The molecule has 1 aromatic heterocycles. The standard InChI is InChI=1S/C13H24N4O2S/c1-8-5-9(2)7-11(6-8)16-20(18,19)12-10(3)17(4)15-13(12)14/h8-9,11,16H,5-7H2,1-4H3,(H2,14,15). The summed E-state index contributed by atoms with van der Waals surface area (Å²) in [5.41, 5.74) is 6.30. The second kappa shape index (κ2) is 5.37. The molecule has 2 rings (SSSR count). The molecule has 114 valence electrons. The molecule has 1 fully saturated rings. The number of aryl methyl sites for hydroxylation is 1. The normalized spacial score (nSPS) is 27.7. The van der Waals surface area contributed by atoms with Crippen molar-refractivity contribution in [2.24, 2.45) is 18.9 Å². The molecule has 1 saturated carbocycles. The smallest absolute Gasteiger partial charge is 0.246 e. The Balaban J connectivity index is 2.23. The molecule has 3 N–H and O–H groups in total. The highest BCUT2D eigenvalue weighted by atomic mass is 32.2. The molecule has 1 aromatic rings. The van der Waals surface area contributed by atoms with Crippen LogP contribution in [0.2, 0.25) is 0 Å². The van der Waals surface area contributed by atoms with Gasteiger partial charge < -0.3 is 5.73 Å². The molecule has 0 amide bonds. The average molecular weight is 300 g/mol. The molecule has 0 bridgehead atoms. The van der Waals surface area contributed by atoms with E-state index in [9.17, 15) is 8.42 Å². The van der Waals surface area contributed by atoms with Gasteiger partial charge in [-0.05, 0) is 38.0 Å². The second-order valence-electron chi connectivity index (χ2n) is 6.16. The summed E-state index contributed by atoms with van der Waals surface area (Å²) in [7, 11) is -1.92. The van der Waals surface area contributed by atoms with Crippen molar-refractivity contribution in [3.63, 3.8) is 0 Å². The molecule has 20 heavy (non-hydrogen) atoms. The highest BCUT2D eigenvalue weighted by Crippen LogP contribution is 2.30. The minimum absolute atomic E-state index is 0.0160. The molecule has 1 aliphatic rings. The van der Waals surface area contributed by atoms with E-state index in [1.165, 1.54) is 4.68 Å². The van der Waals surface area contributed by atoms with E-state index in [2.05, 4.69) is 23.7 Å². The number of anilines is 1. The number of rotatable bonds is 3. The number of nitrogens with zero attached hydrogens (tertiary/aromatic N) is 2. The minimum Gasteiger partial charge on any atom is -0.381 e. The van der Waals surface area contributed by atoms with Crippen molar-refractivity contribution < 1.29 is 8.42 Å². The lowest BCUT2D eigenvalue weighted by molar-refractivity contribution is 0.257. The zero-order valence-corrected chi connectivity index (χ0v) is 13.4. The molecule has 2 unspecified atom stereocenters. The lowest BCUT2D eigenvalue weighted by atomic mass is 9.81. The average Bonchev–Trinajstić information content (AvgIpc) is 2.50. The zero-order chi connectivity index (χ0) is 15.1. The van der Waals surface area contributed by atoms with E-state index < -0.39 is 10.0 Å². The van der Waals surface area contributed by atoms with E-state index in [1.807, 2.05) is 0 Å². The first kappa shape index (κ1) is 15.3. The summed E-state index contributed by atoms with van der Waals surface area (Å²) in [5, 5.41) is 3.98. The van der Waals surface area contributed by atoms with Crippen LogP contribution >= 0.6 is 0 Å². The van der Waals surface area contributed by atoms with Crippen LogP contribution in [0.5, 0.6) is 0 Å². The van der Waals surface area contributed by atoms with E-state index in [4.69, 9.17) is 5.73 Å². The van der Waals surface area contributed by atoms with Gasteiger partial charge in [-0.25, -0.2) is 13.1 Å². The van der Waals surface area contributed by atoms with E-state index in [-0.39, 0.29) is 16.8 Å². The summed E-state index contributed by atoms with van der Waals surface area (Å²) >= 11 is 0. The Kier molecular flexibility index (Phi) is 4.11. The van der Waals surface area contributed by atoms with Crippen molar-refractivity contribution in [2.45, 2.75) is 51.0 Å². The molecular weight excluding hydrogens is 276 g/mol. The number of nitrogens with one attached hydrogen (secondary N) is 1. The van der Waals surface area contributed by atoms with Crippen LogP contribution in [0.25, 0.3) is 0 Å². The maximum Gasteiger partial charge on any atom is 0.246 e. The van der Waals surface area contributed by atoms with Crippen LogP contribution in [0.1, 0.15) is 38.8 Å². The second-order valence-corrected chi connectivity index (χ2v) is 7.81. The van der Waals surface area contributed by atoms with E-state index in [1.54, 1.807) is 14.0 Å². The van der Waals surface area contributed by atoms with Gasteiger partial charge in [-0.1, -0.05) is 13.8 Å². The summed E-state index contributed by atoms with van der Waals surface area (Å²) in [6, 6.07) is -0.0160.